The summed E-state index contributed by atoms with van der Waals surface area (Å²) in [5.74, 6) is 1.49. The van der Waals surface area contributed by atoms with Crippen LogP contribution in [0.1, 0.15) is 243 Å². The van der Waals surface area contributed by atoms with Gasteiger partial charge in [0.25, 0.3) is 0 Å². The molecule has 0 bridgehead atoms. The van der Waals surface area contributed by atoms with Gasteiger partial charge in [0, 0.05) is 18.3 Å². The standard InChI is InChI=1S/C53H88O6/c1-5-7-9-11-17-23-29-45(47-35-39-49(54)40-36-47)31-25-19-13-15-21-27-33-51(56)58-43-53(3,4)44-59-52(57)34-28-22-16-14-20-26-32-46(30-24-18-12-10-8-6-2)48-37-41-50(55)42-38-48/h35-42,45-46,54-55H,5-34,43-44H2,1-4H3. The Bertz CT molecular complexity index is 1200. The fourth-order valence-corrected chi connectivity index (χ4v) is 8.26. The number of carbonyl (C=O) groups is 2. The first-order valence-electron chi connectivity index (χ1n) is 24.5. The van der Waals surface area contributed by atoms with E-state index in [-0.39, 0.29) is 25.2 Å². The fourth-order valence-electron chi connectivity index (χ4n) is 8.26. The summed E-state index contributed by atoms with van der Waals surface area (Å²) in [6.45, 7) is 9.00. The number of unbranched alkanes of at least 4 members (excludes halogenated alkanes) is 20. The summed E-state index contributed by atoms with van der Waals surface area (Å²) in [5.41, 5.74) is 2.30. The van der Waals surface area contributed by atoms with Crippen molar-refractivity contribution in [3.05, 3.63) is 59.7 Å². The lowest BCUT2D eigenvalue weighted by Crippen LogP contribution is -2.28. The smallest absolute Gasteiger partial charge is 0.305 e. The normalized spacial score (nSPS) is 12.7. The molecule has 0 saturated carbocycles. The van der Waals surface area contributed by atoms with Crippen LogP contribution >= 0.6 is 0 Å². The van der Waals surface area contributed by atoms with Crippen LogP contribution in [0.5, 0.6) is 11.5 Å². The molecule has 59 heavy (non-hydrogen) atoms. The number of esters is 2. The molecule has 2 rings (SSSR count). The van der Waals surface area contributed by atoms with Crippen molar-refractivity contribution < 1.29 is 29.3 Å². The van der Waals surface area contributed by atoms with Gasteiger partial charge in [0.15, 0.2) is 0 Å². The molecule has 0 spiro atoms. The van der Waals surface area contributed by atoms with Gasteiger partial charge in [0.05, 0.1) is 13.2 Å². The van der Waals surface area contributed by atoms with Crippen molar-refractivity contribution in [3.63, 3.8) is 0 Å². The monoisotopic (exact) mass is 821 g/mol. The van der Waals surface area contributed by atoms with E-state index in [0.717, 1.165) is 38.5 Å². The topological polar surface area (TPSA) is 93.1 Å². The predicted octanol–water partition coefficient (Wildman–Crippen LogP) is 15.8. The third kappa shape index (κ3) is 27.4. The molecule has 2 N–H and O–H groups in total. The number of phenols is 2. The number of ether oxygens (including phenoxy) is 2. The molecule has 0 aliphatic carbocycles. The quantitative estimate of drug-likeness (QED) is 0.0518. The minimum absolute atomic E-state index is 0.162. The van der Waals surface area contributed by atoms with Gasteiger partial charge in [-0.3, -0.25) is 9.59 Å². The van der Waals surface area contributed by atoms with Crippen LogP contribution in [0.15, 0.2) is 48.5 Å². The first-order valence-corrected chi connectivity index (χ1v) is 24.5. The Morgan fingerprint density at radius 3 is 1.02 bits per heavy atom. The number of benzene rings is 2. The van der Waals surface area contributed by atoms with Crippen LogP contribution in [0, 0.1) is 5.41 Å². The third-order valence-electron chi connectivity index (χ3n) is 12.2. The zero-order valence-electron chi connectivity index (χ0n) is 38.4. The Labute approximate surface area is 362 Å². The Hall–Kier alpha value is -3.02. The van der Waals surface area contributed by atoms with E-state index in [1.54, 1.807) is 0 Å². The molecule has 2 unspecified atom stereocenters. The highest BCUT2D eigenvalue weighted by atomic mass is 16.5. The molecular formula is C53H88O6. The minimum Gasteiger partial charge on any atom is -0.508 e. The minimum atomic E-state index is -0.411. The van der Waals surface area contributed by atoms with E-state index in [1.165, 1.54) is 152 Å². The lowest BCUT2D eigenvalue weighted by molar-refractivity contribution is -0.152. The molecule has 0 aliphatic rings. The van der Waals surface area contributed by atoms with Gasteiger partial charge in [-0.1, -0.05) is 193 Å². The Morgan fingerprint density at radius 2 is 0.712 bits per heavy atom. The molecule has 0 fully saturated rings. The number of rotatable bonds is 38. The van der Waals surface area contributed by atoms with E-state index in [4.69, 9.17) is 9.47 Å². The third-order valence-corrected chi connectivity index (χ3v) is 12.2. The molecule has 0 saturated heterocycles. The van der Waals surface area contributed by atoms with Crippen molar-refractivity contribution >= 4 is 11.9 Å². The van der Waals surface area contributed by atoms with Crippen LogP contribution in [0.4, 0.5) is 0 Å². The van der Waals surface area contributed by atoms with Crippen molar-refractivity contribution in [3.8, 4) is 11.5 Å². The molecule has 0 heterocycles. The summed E-state index contributed by atoms with van der Waals surface area (Å²) >= 11 is 0. The van der Waals surface area contributed by atoms with Crippen LogP contribution < -0.4 is 0 Å². The molecule has 336 valence electrons. The number of hydrogen-bond donors (Lipinski definition) is 2. The maximum Gasteiger partial charge on any atom is 0.305 e. The van der Waals surface area contributed by atoms with Crippen molar-refractivity contribution in [2.75, 3.05) is 13.2 Å². The SMILES string of the molecule is CCCCCCCCC(CCCCCCCCC(=O)OCC(C)(C)COC(=O)CCCCCCCCC(CCCCCCCC)c1ccc(O)cc1)c1ccc(O)cc1. The van der Waals surface area contributed by atoms with Crippen LogP contribution in [-0.2, 0) is 19.1 Å². The van der Waals surface area contributed by atoms with E-state index in [0.29, 0.717) is 36.2 Å². The zero-order valence-corrected chi connectivity index (χ0v) is 38.4. The summed E-state index contributed by atoms with van der Waals surface area (Å²) in [6.07, 6.45) is 34.8. The van der Waals surface area contributed by atoms with Gasteiger partial charge >= 0.3 is 11.9 Å². The second kappa shape index (κ2) is 33.7. The van der Waals surface area contributed by atoms with E-state index < -0.39 is 5.41 Å². The highest BCUT2D eigenvalue weighted by Gasteiger charge is 2.23. The molecule has 0 aromatic heterocycles. The van der Waals surface area contributed by atoms with Crippen LogP contribution in [0.2, 0.25) is 0 Å². The molecule has 0 aliphatic heterocycles. The molecule has 0 radical (unpaired) electrons. The zero-order chi connectivity index (χ0) is 42.8. The predicted molar refractivity (Wildman–Crippen MR) is 247 cm³/mol. The number of hydrogen-bond acceptors (Lipinski definition) is 6. The van der Waals surface area contributed by atoms with Gasteiger partial charge in [-0.2, -0.15) is 0 Å². The molecule has 6 nitrogen and oxygen atoms in total. The van der Waals surface area contributed by atoms with Gasteiger partial charge in [0.2, 0.25) is 0 Å². The van der Waals surface area contributed by atoms with Crippen molar-refractivity contribution in [1.29, 1.82) is 0 Å². The lowest BCUT2D eigenvalue weighted by atomic mass is 9.88. The molecule has 0 amide bonds. The molecular weight excluding hydrogens is 733 g/mol. The summed E-state index contributed by atoms with van der Waals surface area (Å²) in [5, 5.41) is 19.5. The van der Waals surface area contributed by atoms with E-state index in [2.05, 4.69) is 38.1 Å². The summed E-state index contributed by atoms with van der Waals surface area (Å²) in [4.78, 5) is 24.9. The Kier molecular flexibility index (Phi) is 29.7. The number of carbonyl (C=O) groups excluding carboxylic acids is 2. The molecule has 2 aromatic rings. The van der Waals surface area contributed by atoms with Gasteiger partial charge in [-0.05, 0) is 85.8 Å². The second-order valence-electron chi connectivity index (χ2n) is 18.5. The number of phenolic OH excluding ortho intramolecular Hbond substituents is 2. The highest BCUT2D eigenvalue weighted by Crippen LogP contribution is 2.31. The maximum atomic E-state index is 12.5. The maximum absolute atomic E-state index is 12.5. The van der Waals surface area contributed by atoms with E-state index in [9.17, 15) is 19.8 Å². The first kappa shape index (κ1) is 52.1. The van der Waals surface area contributed by atoms with Crippen LogP contribution in [0.3, 0.4) is 0 Å². The molecule has 2 aromatic carbocycles. The van der Waals surface area contributed by atoms with Crippen molar-refractivity contribution in [2.45, 2.75) is 232 Å². The van der Waals surface area contributed by atoms with Gasteiger partial charge < -0.3 is 19.7 Å². The first-order chi connectivity index (χ1) is 28.6. The Morgan fingerprint density at radius 1 is 0.441 bits per heavy atom. The van der Waals surface area contributed by atoms with Gasteiger partial charge in [-0.25, -0.2) is 0 Å². The lowest BCUT2D eigenvalue weighted by Gasteiger charge is -2.23. The van der Waals surface area contributed by atoms with Crippen LogP contribution in [0.25, 0.3) is 0 Å². The second-order valence-corrected chi connectivity index (χ2v) is 18.5. The average molecular weight is 821 g/mol. The van der Waals surface area contributed by atoms with Crippen molar-refractivity contribution in [2.24, 2.45) is 5.41 Å². The largest absolute Gasteiger partial charge is 0.508 e. The summed E-state index contributed by atoms with van der Waals surface area (Å²) in [6, 6.07) is 15.7. The van der Waals surface area contributed by atoms with E-state index in [1.807, 2.05) is 38.1 Å². The number of aromatic hydroxyl groups is 2. The average Bonchev–Trinajstić information content (AvgIpc) is 3.23. The summed E-state index contributed by atoms with van der Waals surface area (Å²) < 4.78 is 11.2. The van der Waals surface area contributed by atoms with E-state index >= 15 is 0 Å². The highest BCUT2D eigenvalue weighted by molar-refractivity contribution is 5.69. The van der Waals surface area contributed by atoms with Gasteiger partial charge in [0.1, 0.15) is 11.5 Å². The van der Waals surface area contributed by atoms with Crippen LogP contribution in [-0.4, -0.2) is 35.4 Å². The van der Waals surface area contributed by atoms with Crippen molar-refractivity contribution in [1.82, 2.24) is 0 Å². The van der Waals surface area contributed by atoms with Gasteiger partial charge in [-0.15, -0.1) is 0 Å². The fraction of sp³-hybridized carbons (Fsp3) is 0.736. The molecule has 2 atom stereocenters. The Balaban J connectivity index is 1.49. The molecule has 6 heteroatoms. The summed E-state index contributed by atoms with van der Waals surface area (Å²) in [7, 11) is 0.